The van der Waals surface area contributed by atoms with Gasteiger partial charge in [-0.25, -0.2) is 4.79 Å². The normalized spacial score (nSPS) is 11.1. The number of carbonyl (C=O) groups is 2. The summed E-state index contributed by atoms with van der Waals surface area (Å²) in [6.07, 6.45) is 0. The number of carbonyl (C=O) groups excluding carboxylic acids is 1. The summed E-state index contributed by atoms with van der Waals surface area (Å²) in [7, 11) is 0. The van der Waals surface area contributed by atoms with Gasteiger partial charge in [-0.3, -0.25) is 4.79 Å². The molecule has 120 valence electrons. The first-order valence-corrected chi connectivity index (χ1v) is 7.16. The summed E-state index contributed by atoms with van der Waals surface area (Å²) < 4.78 is 0. The number of rotatable bonds is 3. The lowest BCUT2D eigenvalue weighted by atomic mass is 9.87. The molecule has 0 bridgehead atoms. The maximum absolute atomic E-state index is 12.2. The Morgan fingerprint density at radius 2 is 1.61 bits per heavy atom. The van der Waals surface area contributed by atoms with Crippen molar-refractivity contribution in [1.82, 2.24) is 0 Å². The third-order valence-corrected chi connectivity index (χ3v) is 3.50. The first kappa shape index (κ1) is 16.5. The van der Waals surface area contributed by atoms with E-state index in [-0.39, 0.29) is 22.6 Å². The van der Waals surface area contributed by atoms with Crippen LogP contribution in [0.25, 0.3) is 0 Å². The molecule has 0 saturated heterocycles. The molecule has 0 spiro atoms. The lowest BCUT2D eigenvalue weighted by molar-refractivity contribution is 0.0693. The summed E-state index contributed by atoms with van der Waals surface area (Å²) in [5.41, 5.74) is 1.65. The van der Waals surface area contributed by atoms with E-state index < -0.39 is 5.97 Å². The topological polar surface area (TPSA) is 86.6 Å². The number of hydrogen-bond donors (Lipinski definition) is 3. The molecule has 1 amide bonds. The number of carboxylic acid groups (broad SMARTS) is 1. The molecule has 0 aliphatic carbocycles. The Hall–Kier alpha value is -2.82. The molecule has 5 nitrogen and oxygen atoms in total. The van der Waals surface area contributed by atoms with Crippen LogP contribution in [-0.2, 0) is 5.41 Å². The van der Waals surface area contributed by atoms with E-state index in [1.165, 1.54) is 18.2 Å². The van der Waals surface area contributed by atoms with Crippen molar-refractivity contribution in [1.29, 1.82) is 0 Å². The van der Waals surface area contributed by atoms with Gasteiger partial charge in [0.1, 0.15) is 11.3 Å². The Morgan fingerprint density at radius 1 is 1.00 bits per heavy atom. The van der Waals surface area contributed by atoms with Crippen LogP contribution in [0.3, 0.4) is 0 Å². The van der Waals surface area contributed by atoms with E-state index in [9.17, 15) is 14.7 Å². The van der Waals surface area contributed by atoms with E-state index in [1.54, 1.807) is 12.1 Å². The molecule has 0 heterocycles. The molecule has 0 radical (unpaired) electrons. The van der Waals surface area contributed by atoms with Gasteiger partial charge in [0.2, 0.25) is 0 Å². The van der Waals surface area contributed by atoms with Crippen molar-refractivity contribution in [3.63, 3.8) is 0 Å². The van der Waals surface area contributed by atoms with Crippen molar-refractivity contribution in [2.75, 3.05) is 5.32 Å². The molecule has 0 atom stereocenters. The fourth-order valence-electron chi connectivity index (χ4n) is 2.11. The van der Waals surface area contributed by atoms with Crippen molar-refractivity contribution in [3.05, 3.63) is 59.2 Å². The number of nitrogens with one attached hydrogen (secondary N) is 1. The summed E-state index contributed by atoms with van der Waals surface area (Å²) in [5.74, 6) is -1.94. The van der Waals surface area contributed by atoms with Crippen LogP contribution in [0.1, 0.15) is 47.1 Å². The quantitative estimate of drug-likeness (QED) is 0.755. The van der Waals surface area contributed by atoms with Crippen LogP contribution >= 0.6 is 0 Å². The van der Waals surface area contributed by atoms with Gasteiger partial charge in [-0.1, -0.05) is 32.9 Å². The van der Waals surface area contributed by atoms with E-state index in [0.29, 0.717) is 11.3 Å². The van der Waals surface area contributed by atoms with Crippen LogP contribution < -0.4 is 5.32 Å². The lowest BCUT2D eigenvalue weighted by Gasteiger charge is -2.19. The number of aromatic hydroxyl groups is 1. The summed E-state index contributed by atoms with van der Waals surface area (Å²) in [6.45, 7) is 6.27. The molecule has 0 saturated carbocycles. The predicted octanol–water partition coefficient (Wildman–Crippen LogP) is 3.64. The second kappa shape index (κ2) is 6.12. The largest absolute Gasteiger partial charge is 0.507 e. The molecule has 0 fully saturated rings. The van der Waals surface area contributed by atoms with Gasteiger partial charge in [0.05, 0.1) is 0 Å². The highest BCUT2D eigenvalue weighted by molar-refractivity contribution is 6.05. The molecule has 0 aromatic heterocycles. The van der Waals surface area contributed by atoms with Gasteiger partial charge >= 0.3 is 5.97 Å². The van der Waals surface area contributed by atoms with Gasteiger partial charge < -0.3 is 15.5 Å². The predicted molar refractivity (Wildman–Crippen MR) is 88.2 cm³/mol. The van der Waals surface area contributed by atoms with E-state index in [4.69, 9.17) is 5.11 Å². The van der Waals surface area contributed by atoms with Crippen LogP contribution in [0.5, 0.6) is 5.75 Å². The maximum Gasteiger partial charge on any atom is 0.339 e. The minimum atomic E-state index is -1.26. The Labute approximate surface area is 134 Å². The van der Waals surface area contributed by atoms with Gasteiger partial charge in [-0.2, -0.15) is 0 Å². The second-order valence-electron chi connectivity index (χ2n) is 6.32. The zero-order valence-corrected chi connectivity index (χ0v) is 13.3. The minimum absolute atomic E-state index is 0.00233. The van der Waals surface area contributed by atoms with Crippen molar-refractivity contribution >= 4 is 17.6 Å². The molecule has 2 rings (SSSR count). The standard InChI is InChI=1S/C18H19NO4/c1-18(2,3)12-6-4-11(5-7-12)16(21)19-13-8-9-15(20)14(10-13)17(22)23/h4-10,20H,1-3H3,(H,19,21)(H,22,23). The highest BCUT2D eigenvalue weighted by atomic mass is 16.4. The molecular weight excluding hydrogens is 294 g/mol. The average Bonchev–Trinajstić information content (AvgIpc) is 2.48. The first-order valence-electron chi connectivity index (χ1n) is 7.16. The molecule has 0 unspecified atom stereocenters. The lowest BCUT2D eigenvalue weighted by Crippen LogP contribution is -2.14. The summed E-state index contributed by atoms with van der Waals surface area (Å²) in [6, 6.07) is 11.2. The Balaban J connectivity index is 2.19. The van der Waals surface area contributed by atoms with Gasteiger partial charge in [0.15, 0.2) is 0 Å². The molecule has 0 aliphatic heterocycles. The van der Waals surface area contributed by atoms with Crippen LogP contribution in [0, 0.1) is 0 Å². The summed E-state index contributed by atoms with van der Waals surface area (Å²) >= 11 is 0. The molecule has 2 aromatic carbocycles. The van der Waals surface area contributed by atoms with Crippen molar-refractivity contribution in [2.24, 2.45) is 0 Å². The molecular formula is C18H19NO4. The zero-order valence-electron chi connectivity index (χ0n) is 13.3. The fraction of sp³-hybridized carbons (Fsp3) is 0.222. The summed E-state index contributed by atoms with van der Waals surface area (Å²) in [5, 5.41) is 21.1. The summed E-state index contributed by atoms with van der Waals surface area (Å²) in [4.78, 5) is 23.2. The highest BCUT2D eigenvalue weighted by Gasteiger charge is 2.15. The molecule has 2 aromatic rings. The number of carboxylic acids is 1. The van der Waals surface area contributed by atoms with Gasteiger partial charge in [-0.05, 0) is 41.3 Å². The SMILES string of the molecule is CC(C)(C)c1ccc(C(=O)Nc2ccc(O)c(C(=O)O)c2)cc1. The smallest absolute Gasteiger partial charge is 0.339 e. The Morgan fingerprint density at radius 3 is 2.13 bits per heavy atom. The number of anilines is 1. The van der Waals surface area contributed by atoms with Crippen LogP contribution in [0.15, 0.2) is 42.5 Å². The van der Waals surface area contributed by atoms with Crippen molar-refractivity contribution in [3.8, 4) is 5.75 Å². The van der Waals surface area contributed by atoms with Crippen LogP contribution in [0.2, 0.25) is 0 Å². The monoisotopic (exact) mass is 313 g/mol. The maximum atomic E-state index is 12.2. The number of hydrogen-bond acceptors (Lipinski definition) is 3. The van der Waals surface area contributed by atoms with E-state index in [2.05, 4.69) is 26.1 Å². The highest BCUT2D eigenvalue weighted by Crippen LogP contribution is 2.24. The molecule has 3 N–H and O–H groups in total. The number of phenols is 1. The average molecular weight is 313 g/mol. The Bertz CT molecular complexity index is 743. The third kappa shape index (κ3) is 3.88. The first-order chi connectivity index (χ1) is 10.7. The van der Waals surface area contributed by atoms with E-state index >= 15 is 0 Å². The van der Waals surface area contributed by atoms with Gasteiger partial charge in [0.25, 0.3) is 5.91 Å². The third-order valence-electron chi connectivity index (χ3n) is 3.50. The van der Waals surface area contributed by atoms with Crippen molar-refractivity contribution in [2.45, 2.75) is 26.2 Å². The van der Waals surface area contributed by atoms with Gasteiger partial charge in [0, 0.05) is 11.3 Å². The fourth-order valence-corrected chi connectivity index (χ4v) is 2.11. The van der Waals surface area contributed by atoms with Crippen LogP contribution in [-0.4, -0.2) is 22.1 Å². The molecule has 5 heteroatoms. The zero-order chi connectivity index (χ0) is 17.2. The number of benzene rings is 2. The molecule has 0 aliphatic rings. The minimum Gasteiger partial charge on any atom is -0.507 e. The van der Waals surface area contributed by atoms with E-state index in [0.717, 1.165) is 5.56 Å². The van der Waals surface area contributed by atoms with Crippen molar-refractivity contribution < 1.29 is 19.8 Å². The number of aromatic carboxylic acids is 1. The van der Waals surface area contributed by atoms with E-state index in [1.807, 2.05) is 12.1 Å². The second-order valence-corrected chi connectivity index (χ2v) is 6.32. The van der Waals surface area contributed by atoms with Crippen LogP contribution in [0.4, 0.5) is 5.69 Å². The number of amides is 1. The molecule has 23 heavy (non-hydrogen) atoms. The van der Waals surface area contributed by atoms with Gasteiger partial charge in [-0.15, -0.1) is 0 Å². The Kier molecular flexibility index (Phi) is 4.40.